The van der Waals surface area contributed by atoms with E-state index >= 15 is 0 Å². The molecule has 2 aromatic heterocycles. The molecule has 2 heterocycles. The molecule has 142 valence electrons. The standard InChI is InChI=1S/C23H23N3OS/c1-13-7-10-18-19(11-13)28-23-20(18)22(27)25-21(26-23)14(2)24-17-9-8-15-5-3-4-6-16(15)12-17/h3-6,8-9,12-14,24H,7,10-11H2,1-2H3,(H,25,26,27)/t13-,14+/m0/s1. The Morgan fingerprint density at radius 3 is 2.89 bits per heavy atom. The van der Waals surface area contributed by atoms with Gasteiger partial charge in [0.25, 0.3) is 5.56 Å². The Morgan fingerprint density at radius 1 is 1.21 bits per heavy atom. The molecule has 0 unspecified atom stereocenters. The van der Waals surface area contributed by atoms with Crippen molar-refractivity contribution in [3.63, 3.8) is 0 Å². The molecule has 5 heteroatoms. The number of nitrogens with one attached hydrogen (secondary N) is 2. The van der Waals surface area contributed by atoms with Gasteiger partial charge >= 0.3 is 0 Å². The third-order valence-corrected chi connectivity index (χ3v) is 6.87. The van der Waals surface area contributed by atoms with Crippen molar-refractivity contribution in [2.24, 2.45) is 5.92 Å². The summed E-state index contributed by atoms with van der Waals surface area (Å²) in [5.41, 5.74) is 2.25. The first-order valence-electron chi connectivity index (χ1n) is 9.88. The number of nitrogens with zero attached hydrogens (tertiary/aromatic N) is 1. The molecule has 0 aliphatic heterocycles. The Kier molecular flexibility index (Phi) is 4.20. The van der Waals surface area contributed by atoms with Gasteiger partial charge in [0.2, 0.25) is 0 Å². The Morgan fingerprint density at radius 2 is 2.04 bits per heavy atom. The molecular weight excluding hydrogens is 366 g/mol. The van der Waals surface area contributed by atoms with Crippen molar-refractivity contribution in [1.82, 2.24) is 9.97 Å². The normalized spacial score (nSPS) is 17.6. The number of aromatic nitrogens is 2. The SMILES string of the molecule is C[C@H]1CCc2c(sc3nc([C@@H](C)Nc4ccc5ccccc5c4)[nH]c(=O)c23)C1. The van der Waals surface area contributed by atoms with E-state index in [2.05, 4.69) is 47.6 Å². The zero-order valence-electron chi connectivity index (χ0n) is 16.1. The number of thiophene rings is 1. The van der Waals surface area contributed by atoms with Crippen LogP contribution in [0.3, 0.4) is 0 Å². The summed E-state index contributed by atoms with van der Waals surface area (Å²) in [6, 6.07) is 14.5. The van der Waals surface area contributed by atoms with Crippen molar-refractivity contribution in [2.45, 2.75) is 39.2 Å². The van der Waals surface area contributed by atoms with Crippen molar-refractivity contribution in [3.05, 3.63) is 69.1 Å². The molecule has 0 saturated carbocycles. The summed E-state index contributed by atoms with van der Waals surface area (Å²) in [6.07, 6.45) is 3.21. The van der Waals surface area contributed by atoms with Gasteiger partial charge in [0, 0.05) is 10.6 Å². The number of benzene rings is 2. The van der Waals surface area contributed by atoms with Gasteiger partial charge in [-0.1, -0.05) is 37.3 Å². The second-order valence-corrected chi connectivity index (χ2v) is 8.99. The Labute approximate surface area is 167 Å². The van der Waals surface area contributed by atoms with E-state index in [0.717, 1.165) is 35.2 Å². The summed E-state index contributed by atoms with van der Waals surface area (Å²) in [5.74, 6) is 1.38. The quantitative estimate of drug-likeness (QED) is 0.491. The minimum atomic E-state index is -0.0867. The summed E-state index contributed by atoms with van der Waals surface area (Å²) >= 11 is 1.70. The van der Waals surface area contributed by atoms with Crippen LogP contribution in [0.2, 0.25) is 0 Å². The van der Waals surface area contributed by atoms with E-state index < -0.39 is 0 Å². The number of H-pyrrole nitrogens is 1. The number of hydrogen-bond acceptors (Lipinski definition) is 4. The summed E-state index contributed by atoms with van der Waals surface area (Å²) in [4.78, 5) is 22.9. The van der Waals surface area contributed by atoms with Gasteiger partial charge in [-0.05, 0) is 60.6 Å². The van der Waals surface area contributed by atoms with Crippen LogP contribution in [0.4, 0.5) is 5.69 Å². The molecule has 0 bridgehead atoms. The van der Waals surface area contributed by atoms with Crippen LogP contribution in [0.1, 0.15) is 42.6 Å². The van der Waals surface area contributed by atoms with Crippen LogP contribution in [0.25, 0.3) is 21.0 Å². The van der Waals surface area contributed by atoms with Gasteiger partial charge in [0.15, 0.2) is 0 Å². The van der Waals surface area contributed by atoms with Crippen LogP contribution in [-0.2, 0) is 12.8 Å². The highest BCUT2D eigenvalue weighted by Gasteiger charge is 2.23. The smallest absolute Gasteiger partial charge is 0.259 e. The highest BCUT2D eigenvalue weighted by atomic mass is 32.1. The van der Waals surface area contributed by atoms with Gasteiger partial charge < -0.3 is 10.3 Å². The van der Waals surface area contributed by atoms with Crippen LogP contribution in [0.5, 0.6) is 0 Å². The lowest BCUT2D eigenvalue weighted by Crippen LogP contribution is -2.18. The van der Waals surface area contributed by atoms with Gasteiger partial charge in [-0.15, -0.1) is 11.3 Å². The molecule has 1 aliphatic rings. The second kappa shape index (κ2) is 6.74. The van der Waals surface area contributed by atoms with Gasteiger partial charge in [-0.25, -0.2) is 4.98 Å². The fourth-order valence-electron chi connectivity index (χ4n) is 4.17. The van der Waals surface area contributed by atoms with Gasteiger partial charge in [-0.2, -0.15) is 0 Å². The van der Waals surface area contributed by atoms with E-state index in [4.69, 9.17) is 4.98 Å². The lowest BCUT2D eigenvalue weighted by Gasteiger charge is -2.17. The average Bonchev–Trinajstić information content (AvgIpc) is 3.05. The molecular formula is C23H23N3OS. The molecule has 2 atom stereocenters. The van der Waals surface area contributed by atoms with E-state index in [1.807, 2.05) is 19.1 Å². The van der Waals surface area contributed by atoms with E-state index in [1.165, 1.54) is 21.2 Å². The Hall–Kier alpha value is -2.66. The fraction of sp³-hybridized carbons (Fsp3) is 0.304. The zero-order valence-corrected chi connectivity index (χ0v) is 16.9. The molecule has 1 aliphatic carbocycles. The van der Waals surface area contributed by atoms with Crippen molar-refractivity contribution < 1.29 is 0 Å². The average molecular weight is 390 g/mol. The molecule has 0 fully saturated rings. The van der Waals surface area contributed by atoms with Gasteiger partial charge in [0.1, 0.15) is 10.7 Å². The number of anilines is 1. The first-order chi connectivity index (χ1) is 13.6. The highest BCUT2D eigenvalue weighted by Crippen LogP contribution is 2.36. The predicted molar refractivity (Wildman–Crippen MR) is 117 cm³/mol. The summed E-state index contributed by atoms with van der Waals surface area (Å²) < 4.78 is 0. The molecule has 28 heavy (non-hydrogen) atoms. The van der Waals surface area contributed by atoms with Crippen molar-refractivity contribution in [1.29, 1.82) is 0 Å². The maximum absolute atomic E-state index is 12.8. The number of hydrogen-bond donors (Lipinski definition) is 2. The number of aromatic amines is 1. The number of rotatable bonds is 3. The number of aryl methyl sites for hydroxylation is 1. The Bertz CT molecular complexity index is 1240. The predicted octanol–water partition coefficient (Wildman–Crippen LogP) is 5.44. The monoisotopic (exact) mass is 389 g/mol. The summed E-state index contributed by atoms with van der Waals surface area (Å²) in [5, 5.41) is 6.70. The topological polar surface area (TPSA) is 57.8 Å². The molecule has 0 radical (unpaired) electrons. The Balaban J connectivity index is 1.48. The van der Waals surface area contributed by atoms with E-state index in [-0.39, 0.29) is 11.6 Å². The van der Waals surface area contributed by atoms with E-state index in [9.17, 15) is 4.79 Å². The van der Waals surface area contributed by atoms with E-state index in [1.54, 1.807) is 11.3 Å². The lowest BCUT2D eigenvalue weighted by atomic mass is 9.89. The maximum atomic E-state index is 12.8. The molecule has 4 aromatic rings. The van der Waals surface area contributed by atoms with Crippen molar-refractivity contribution >= 4 is 38.0 Å². The number of fused-ring (bicyclic) bond motifs is 4. The highest BCUT2D eigenvalue weighted by molar-refractivity contribution is 7.18. The first-order valence-corrected chi connectivity index (χ1v) is 10.7. The summed E-state index contributed by atoms with van der Waals surface area (Å²) in [7, 11) is 0. The van der Waals surface area contributed by atoms with Crippen LogP contribution < -0.4 is 10.9 Å². The molecule has 0 amide bonds. The molecule has 0 saturated heterocycles. The van der Waals surface area contributed by atoms with Gasteiger partial charge in [0.05, 0.1) is 11.4 Å². The first kappa shape index (κ1) is 17.4. The van der Waals surface area contributed by atoms with Gasteiger partial charge in [-0.3, -0.25) is 4.79 Å². The fourth-order valence-corrected chi connectivity index (χ4v) is 5.56. The second-order valence-electron chi connectivity index (χ2n) is 7.91. The summed E-state index contributed by atoms with van der Waals surface area (Å²) in [6.45, 7) is 4.32. The van der Waals surface area contributed by atoms with Crippen molar-refractivity contribution in [3.8, 4) is 0 Å². The van der Waals surface area contributed by atoms with Crippen LogP contribution in [0, 0.1) is 5.92 Å². The molecule has 5 rings (SSSR count). The van der Waals surface area contributed by atoms with E-state index in [0.29, 0.717) is 11.7 Å². The van der Waals surface area contributed by atoms with Crippen LogP contribution >= 0.6 is 11.3 Å². The molecule has 2 N–H and O–H groups in total. The minimum absolute atomic E-state index is 0.000727. The lowest BCUT2D eigenvalue weighted by molar-refractivity contribution is 0.509. The maximum Gasteiger partial charge on any atom is 0.259 e. The zero-order chi connectivity index (χ0) is 19.3. The molecule has 0 spiro atoms. The third kappa shape index (κ3) is 3.00. The largest absolute Gasteiger partial charge is 0.375 e. The van der Waals surface area contributed by atoms with Crippen LogP contribution in [-0.4, -0.2) is 9.97 Å². The molecule has 2 aromatic carbocycles. The minimum Gasteiger partial charge on any atom is -0.375 e. The molecule has 4 nitrogen and oxygen atoms in total. The third-order valence-electron chi connectivity index (χ3n) is 5.73. The van der Waals surface area contributed by atoms with Crippen LogP contribution in [0.15, 0.2) is 47.3 Å². The van der Waals surface area contributed by atoms with Crippen molar-refractivity contribution in [2.75, 3.05) is 5.32 Å².